The summed E-state index contributed by atoms with van der Waals surface area (Å²) in [6, 6.07) is 18.1. The standard InChI is InChI=1S/C22H22N2O2S/c1-26-19-11-9-16(10-12-19)21(15-7-8-15)24-20(25)13-18-14-27-22(23-18)17-5-3-2-4-6-17/h2-6,9-12,14-15,21H,7-8,13H2,1H3,(H,24,25). The molecule has 3 aromatic rings. The fourth-order valence-corrected chi connectivity index (χ4v) is 4.03. The number of rotatable bonds is 7. The summed E-state index contributed by atoms with van der Waals surface area (Å²) in [4.78, 5) is 17.3. The molecular weight excluding hydrogens is 356 g/mol. The summed E-state index contributed by atoms with van der Waals surface area (Å²) in [5, 5.41) is 6.14. The van der Waals surface area contributed by atoms with Gasteiger partial charge in [0.1, 0.15) is 10.8 Å². The molecule has 1 atom stereocenters. The molecule has 0 saturated heterocycles. The van der Waals surface area contributed by atoms with Crippen molar-refractivity contribution >= 4 is 17.2 Å². The Balaban J connectivity index is 1.42. The number of hydrogen-bond acceptors (Lipinski definition) is 4. The average Bonchev–Trinajstić information content (AvgIpc) is 3.45. The van der Waals surface area contributed by atoms with Crippen molar-refractivity contribution in [1.82, 2.24) is 10.3 Å². The lowest BCUT2D eigenvalue weighted by atomic mass is 10.0. The van der Waals surface area contributed by atoms with Crippen LogP contribution in [0.1, 0.15) is 30.1 Å². The molecule has 1 fully saturated rings. The highest BCUT2D eigenvalue weighted by Crippen LogP contribution is 2.41. The Kier molecular flexibility index (Phi) is 5.21. The van der Waals surface area contributed by atoms with Gasteiger partial charge in [0.2, 0.25) is 5.91 Å². The first-order valence-electron chi connectivity index (χ1n) is 9.16. The van der Waals surface area contributed by atoms with Crippen LogP contribution in [0, 0.1) is 5.92 Å². The Bertz CT molecular complexity index is 902. The zero-order chi connectivity index (χ0) is 18.6. The van der Waals surface area contributed by atoms with Crippen LogP contribution in [-0.2, 0) is 11.2 Å². The molecule has 0 aliphatic heterocycles. The Hall–Kier alpha value is -2.66. The molecule has 5 heteroatoms. The minimum Gasteiger partial charge on any atom is -0.497 e. The molecule has 0 bridgehead atoms. The molecule has 1 unspecified atom stereocenters. The van der Waals surface area contributed by atoms with Crippen molar-refractivity contribution in [3.63, 3.8) is 0 Å². The summed E-state index contributed by atoms with van der Waals surface area (Å²) < 4.78 is 5.23. The highest BCUT2D eigenvalue weighted by atomic mass is 32.1. The van der Waals surface area contributed by atoms with Crippen LogP contribution in [0.2, 0.25) is 0 Å². The molecular formula is C22H22N2O2S. The minimum atomic E-state index is 0.0210. The van der Waals surface area contributed by atoms with E-state index in [-0.39, 0.29) is 11.9 Å². The maximum Gasteiger partial charge on any atom is 0.226 e. The van der Waals surface area contributed by atoms with Gasteiger partial charge in [0, 0.05) is 10.9 Å². The first kappa shape index (κ1) is 17.7. The molecule has 0 radical (unpaired) electrons. The number of ether oxygens (including phenoxy) is 1. The number of benzene rings is 2. The number of nitrogens with zero attached hydrogens (tertiary/aromatic N) is 1. The Morgan fingerprint density at radius 1 is 1.19 bits per heavy atom. The quantitative estimate of drug-likeness (QED) is 0.652. The van der Waals surface area contributed by atoms with Crippen molar-refractivity contribution in [2.45, 2.75) is 25.3 Å². The molecule has 27 heavy (non-hydrogen) atoms. The summed E-state index contributed by atoms with van der Waals surface area (Å²) in [7, 11) is 1.66. The van der Waals surface area contributed by atoms with Crippen molar-refractivity contribution in [3.8, 4) is 16.3 Å². The first-order valence-corrected chi connectivity index (χ1v) is 10.0. The molecule has 1 heterocycles. The van der Waals surface area contributed by atoms with Crippen LogP contribution in [0.25, 0.3) is 10.6 Å². The molecule has 1 amide bonds. The summed E-state index contributed by atoms with van der Waals surface area (Å²) >= 11 is 1.58. The fourth-order valence-electron chi connectivity index (χ4n) is 3.20. The topological polar surface area (TPSA) is 51.2 Å². The highest BCUT2D eigenvalue weighted by molar-refractivity contribution is 7.13. The fraction of sp³-hybridized carbons (Fsp3) is 0.273. The van der Waals surface area contributed by atoms with Gasteiger partial charge in [-0.1, -0.05) is 42.5 Å². The average molecular weight is 378 g/mol. The number of carbonyl (C=O) groups is 1. The molecule has 4 nitrogen and oxygen atoms in total. The second-order valence-corrected chi connectivity index (χ2v) is 7.70. The second kappa shape index (κ2) is 7.92. The number of methoxy groups -OCH3 is 1. The molecule has 0 spiro atoms. The van der Waals surface area contributed by atoms with Gasteiger partial charge in [0.15, 0.2) is 0 Å². The van der Waals surface area contributed by atoms with Gasteiger partial charge in [-0.2, -0.15) is 0 Å². The number of hydrogen-bond donors (Lipinski definition) is 1. The SMILES string of the molecule is COc1ccc(C(NC(=O)Cc2csc(-c3ccccc3)n2)C2CC2)cc1. The summed E-state index contributed by atoms with van der Waals surface area (Å²) in [5.41, 5.74) is 3.04. The third-order valence-electron chi connectivity index (χ3n) is 4.80. The number of amides is 1. The smallest absolute Gasteiger partial charge is 0.226 e. The molecule has 1 aliphatic rings. The third-order valence-corrected chi connectivity index (χ3v) is 5.74. The van der Waals surface area contributed by atoms with Gasteiger partial charge in [0.05, 0.1) is 25.3 Å². The molecule has 2 aromatic carbocycles. The van der Waals surface area contributed by atoms with E-state index in [4.69, 9.17) is 4.74 Å². The van der Waals surface area contributed by atoms with Crippen LogP contribution in [0.3, 0.4) is 0 Å². The zero-order valence-corrected chi connectivity index (χ0v) is 16.0. The summed E-state index contributed by atoms with van der Waals surface area (Å²) in [5.74, 6) is 1.38. The molecule has 1 aliphatic carbocycles. The number of carbonyl (C=O) groups excluding carboxylic acids is 1. The third kappa shape index (κ3) is 4.37. The van der Waals surface area contributed by atoms with Crippen molar-refractivity contribution in [1.29, 1.82) is 0 Å². The van der Waals surface area contributed by atoms with Gasteiger partial charge < -0.3 is 10.1 Å². The van der Waals surface area contributed by atoms with Gasteiger partial charge in [0.25, 0.3) is 0 Å². The molecule has 138 valence electrons. The van der Waals surface area contributed by atoms with E-state index in [1.807, 2.05) is 60.0 Å². The lowest BCUT2D eigenvalue weighted by Gasteiger charge is -2.19. The van der Waals surface area contributed by atoms with E-state index >= 15 is 0 Å². The Labute approximate surface area is 163 Å². The van der Waals surface area contributed by atoms with Crippen LogP contribution in [-0.4, -0.2) is 18.0 Å². The Morgan fingerprint density at radius 2 is 1.93 bits per heavy atom. The van der Waals surface area contributed by atoms with Crippen LogP contribution >= 0.6 is 11.3 Å². The minimum absolute atomic E-state index is 0.0210. The predicted molar refractivity (Wildman–Crippen MR) is 108 cm³/mol. The van der Waals surface area contributed by atoms with Crippen LogP contribution in [0.15, 0.2) is 60.0 Å². The normalized spacial score (nSPS) is 14.6. The van der Waals surface area contributed by atoms with Gasteiger partial charge in [-0.05, 0) is 36.5 Å². The monoisotopic (exact) mass is 378 g/mol. The van der Waals surface area contributed by atoms with Crippen LogP contribution in [0.5, 0.6) is 5.75 Å². The van der Waals surface area contributed by atoms with E-state index in [2.05, 4.69) is 10.3 Å². The van der Waals surface area contributed by atoms with Crippen molar-refractivity contribution in [2.24, 2.45) is 5.92 Å². The first-order chi connectivity index (χ1) is 13.2. The van der Waals surface area contributed by atoms with Crippen LogP contribution in [0.4, 0.5) is 0 Å². The van der Waals surface area contributed by atoms with E-state index in [0.717, 1.165) is 40.4 Å². The number of thiazole rings is 1. The van der Waals surface area contributed by atoms with Gasteiger partial charge in [-0.3, -0.25) is 4.79 Å². The predicted octanol–water partition coefficient (Wildman–Crippen LogP) is 4.63. The van der Waals surface area contributed by atoms with E-state index in [0.29, 0.717) is 12.3 Å². The van der Waals surface area contributed by atoms with Crippen molar-refractivity contribution in [2.75, 3.05) is 7.11 Å². The molecule has 1 aromatic heterocycles. The summed E-state index contributed by atoms with van der Waals surface area (Å²) in [6.45, 7) is 0. The highest BCUT2D eigenvalue weighted by Gasteiger charge is 2.33. The maximum atomic E-state index is 12.6. The summed E-state index contributed by atoms with van der Waals surface area (Å²) in [6.07, 6.45) is 2.63. The van der Waals surface area contributed by atoms with E-state index in [1.165, 1.54) is 0 Å². The molecule has 4 rings (SSSR count). The largest absolute Gasteiger partial charge is 0.497 e. The lowest BCUT2D eigenvalue weighted by molar-refractivity contribution is -0.121. The maximum absolute atomic E-state index is 12.6. The van der Waals surface area contributed by atoms with Crippen molar-refractivity contribution < 1.29 is 9.53 Å². The molecule has 1 saturated carbocycles. The van der Waals surface area contributed by atoms with Crippen molar-refractivity contribution in [3.05, 3.63) is 71.2 Å². The van der Waals surface area contributed by atoms with E-state index in [9.17, 15) is 4.79 Å². The van der Waals surface area contributed by atoms with E-state index < -0.39 is 0 Å². The van der Waals surface area contributed by atoms with Gasteiger partial charge in [-0.25, -0.2) is 4.98 Å². The number of aromatic nitrogens is 1. The lowest BCUT2D eigenvalue weighted by Crippen LogP contribution is -2.31. The van der Waals surface area contributed by atoms with E-state index in [1.54, 1.807) is 18.4 Å². The van der Waals surface area contributed by atoms with Gasteiger partial charge >= 0.3 is 0 Å². The second-order valence-electron chi connectivity index (χ2n) is 6.84. The molecule has 1 N–H and O–H groups in total. The van der Waals surface area contributed by atoms with Crippen LogP contribution < -0.4 is 10.1 Å². The number of nitrogens with one attached hydrogen (secondary N) is 1. The zero-order valence-electron chi connectivity index (χ0n) is 15.2. The van der Waals surface area contributed by atoms with Gasteiger partial charge in [-0.15, -0.1) is 11.3 Å². The Morgan fingerprint density at radius 3 is 2.59 bits per heavy atom.